The summed E-state index contributed by atoms with van der Waals surface area (Å²) < 4.78 is 32.2. The number of thiazole rings is 1. The van der Waals surface area contributed by atoms with Gasteiger partial charge in [0.1, 0.15) is 15.7 Å². The summed E-state index contributed by atoms with van der Waals surface area (Å²) in [4.78, 5) is 16.5. The van der Waals surface area contributed by atoms with Gasteiger partial charge in [-0.25, -0.2) is 13.4 Å². The second-order valence-corrected chi connectivity index (χ2v) is 8.95. The second-order valence-electron chi connectivity index (χ2n) is 5.23. The summed E-state index contributed by atoms with van der Waals surface area (Å²) in [7, 11) is -2.18. The van der Waals surface area contributed by atoms with Crippen molar-refractivity contribution in [2.45, 2.75) is 11.1 Å². The Morgan fingerprint density at radius 3 is 2.73 bits per heavy atom. The van der Waals surface area contributed by atoms with Crippen LogP contribution in [0, 0.1) is 6.92 Å². The number of ether oxygens (including phenoxy) is 1. The van der Waals surface area contributed by atoms with Crippen LogP contribution in [0.1, 0.15) is 16.1 Å². The van der Waals surface area contributed by atoms with Crippen molar-refractivity contribution in [1.82, 2.24) is 4.98 Å². The summed E-state index contributed by atoms with van der Waals surface area (Å²) in [5, 5.41) is 6.01. The normalized spacial score (nSPS) is 11.2. The number of benzene rings is 1. The topological polar surface area (TPSA) is 97.4 Å². The van der Waals surface area contributed by atoms with Crippen LogP contribution in [-0.2, 0) is 10.0 Å². The second kappa shape index (κ2) is 7.44. The van der Waals surface area contributed by atoms with Gasteiger partial charge in [0.05, 0.1) is 12.8 Å². The monoisotopic (exact) mass is 409 g/mol. The van der Waals surface area contributed by atoms with Crippen molar-refractivity contribution in [3.8, 4) is 5.75 Å². The highest BCUT2D eigenvalue weighted by Gasteiger charge is 2.19. The molecule has 1 aromatic carbocycles. The highest BCUT2D eigenvalue weighted by Crippen LogP contribution is 2.27. The van der Waals surface area contributed by atoms with Gasteiger partial charge in [0, 0.05) is 5.38 Å². The molecule has 0 fully saturated rings. The van der Waals surface area contributed by atoms with Gasteiger partial charge in [-0.15, -0.1) is 22.7 Å². The molecule has 0 aliphatic heterocycles. The lowest BCUT2D eigenvalue weighted by Gasteiger charge is -2.10. The number of carbonyl (C=O) groups is 1. The van der Waals surface area contributed by atoms with E-state index in [2.05, 4.69) is 15.0 Å². The lowest BCUT2D eigenvalue weighted by atomic mass is 10.2. The third-order valence-electron chi connectivity index (χ3n) is 3.32. The van der Waals surface area contributed by atoms with Crippen LogP contribution in [0.5, 0.6) is 5.75 Å². The first kappa shape index (κ1) is 18.4. The standard InChI is InChI=1S/C16H15N3O4S3/c1-10-5-6-13(23-2)11(8-10)17-15(20)12-9-25-16(18-12)19-26(21,22)14-4-3-7-24-14/h3-9H,1-2H3,(H,17,20)(H,18,19). The minimum absolute atomic E-state index is 0.113. The average molecular weight is 410 g/mol. The zero-order valence-electron chi connectivity index (χ0n) is 13.8. The van der Waals surface area contributed by atoms with Gasteiger partial charge in [-0.3, -0.25) is 9.52 Å². The SMILES string of the molecule is COc1ccc(C)cc1NC(=O)c1csc(NS(=O)(=O)c2cccs2)n1. The minimum Gasteiger partial charge on any atom is -0.495 e. The summed E-state index contributed by atoms with van der Waals surface area (Å²) >= 11 is 2.14. The Labute approximate surface area is 158 Å². The number of aromatic nitrogens is 1. The van der Waals surface area contributed by atoms with Crippen molar-refractivity contribution in [3.63, 3.8) is 0 Å². The predicted octanol–water partition coefficient (Wildman–Crippen LogP) is 3.57. The van der Waals surface area contributed by atoms with E-state index in [1.165, 1.54) is 18.6 Å². The number of sulfonamides is 1. The molecule has 0 spiro atoms. The van der Waals surface area contributed by atoms with Crippen molar-refractivity contribution in [2.24, 2.45) is 0 Å². The quantitative estimate of drug-likeness (QED) is 0.649. The van der Waals surface area contributed by atoms with Gasteiger partial charge >= 0.3 is 0 Å². The van der Waals surface area contributed by atoms with E-state index in [-0.39, 0.29) is 15.0 Å². The summed E-state index contributed by atoms with van der Waals surface area (Å²) in [5.41, 5.74) is 1.59. The van der Waals surface area contributed by atoms with E-state index >= 15 is 0 Å². The maximum atomic E-state index is 12.4. The Kier molecular flexibility index (Phi) is 5.25. The van der Waals surface area contributed by atoms with Gasteiger partial charge in [-0.2, -0.15) is 0 Å². The molecule has 0 unspecified atom stereocenters. The molecule has 0 atom stereocenters. The number of anilines is 2. The van der Waals surface area contributed by atoms with E-state index in [0.29, 0.717) is 11.4 Å². The van der Waals surface area contributed by atoms with E-state index in [9.17, 15) is 13.2 Å². The maximum absolute atomic E-state index is 12.4. The number of hydrogen-bond acceptors (Lipinski definition) is 7. The summed E-state index contributed by atoms with van der Waals surface area (Å²) in [6, 6.07) is 8.55. The minimum atomic E-state index is -3.69. The first-order valence-corrected chi connectivity index (χ1v) is 10.6. The van der Waals surface area contributed by atoms with Crippen molar-refractivity contribution in [2.75, 3.05) is 17.1 Å². The van der Waals surface area contributed by atoms with Gasteiger partial charge < -0.3 is 10.1 Å². The summed E-state index contributed by atoms with van der Waals surface area (Å²) in [5.74, 6) is 0.0736. The van der Waals surface area contributed by atoms with Crippen LogP contribution < -0.4 is 14.8 Å². The van der Waals surface area contributed by atoms with Crippen LogP contribution >= 0.6 is 22.7 Å². The summed E-state index contributed by atoms with van der Waals surface area (Å²) in [6.45, 7) is 1.90. The fourth-order valence-electron chi connectivity index (χ4n) is 2.11. The van der Waals surface area contributed by atoms with Gasteiger partial charge in [-0.1, -0.05) is 12.1 Å². The highest BCUT2D eigenvalue weighted by molar-refractivity contribution is 7.94. The van der Waals surface area contributed by atoms with Crippen molar-refractivity contribution in [3.05, 3.63) is 52.3 Å². The third-order valence-corrected chi connectivity index (χ3v) is 6.94. The molecule has 0 saturated heterocycles. The molecule has 0 radical (unpaired) electrons. The van der Waals surface area contributed by atoms with Crippen LogP contribution in [0.4, 0.5) is 10.8 Å². The van der Waals surface area contributed by atoms with E-state index in [1.54, 1.807) is 23.6 Å². The van der Waals surface area contributed by atoms with E-state index in [1.807, 2.05) is 13.0 Å². The Hall–Kier alpha value is -2.43. The third kappa shape index (κ3) is 4.03. The molecule has 0 saturated carbocycles. The van der Waals surface area contributed by atoms with Crippen LogP contribution in [0.15, 0.2) is 45.3 Å². The largest absolute Gasteiger partial charge is 0.495 e. The number of carbonyl (C=O) groups excluding carboxylic acids is 1. The summed E-state index contributed by atoms with van der Waals surface area (Å²) in [6.07, 6.45) is 0. The first-order chi connectivity index (χ1) is 12.4. The molecular formula is C16H15N3O4S3. The molecule has 3 rings (SSSR count). The Morgan fingerprint density at radius 1 is 1.23 bits per heavy atom. The fraction of sp³-hybridized carbons (Fsp3) is 0.125. The molecule has 136 valence electrons. The molecule has 10 heteroatoms. The molecule has 2 N–H and O–H groups in total. The van der Waals surface area contributed by atoms with Crippen LogP contribution in [0.25, 0.3) is 0 Å². The van der Waals surface area contributed by atoms with E-state index in [4.69, 9.17) is 4.74 Å². The zero-order chi connectivity index (χ0) is 18.7. The zero-order valence-corrected chi connectivity index (χ0v) is 16.3. The Morgan fingerprint density at radius 2 is 2.04 bits per heavy atom. The lowest BCUT2D eigenvalue weighted by Crippen LogP contribution is -2.14. The van der Waals surface area contributed by atoms with Crippen LogP contribution in [0.3, 0.4) is 0 Å². The van der Waals surface area contributed by atoms with Gasteiger partial charge in [0.15, 0.2) is 5.13 Å². The molecule has 1 amide bonds. The van der Waals surface area contributed by atoms with E-state index in [0.717, 1.165) is 28.2 Å². The molecule has 7 nitrogen and oxygen atoms in total. The number of nitrogens with one attached hydrogen (secondary N) is 2. The fourth-order valence-corrected chi connectivity index (χ4v) is 5.05. The van der Waals surface area contributed by atoms with Crippen molar-refractivity contribution < 1.29 is 17.9 Å². The average Bonchev–Trinajstić information content (AvgIpc) is 3.26. The van der Waals surface area contributed by atoms with E-state index < -0.39 is 15.9 Å². The molecule has 0 aliphatic rings. The van der Waals surface area contributed by atoms with Gasteiger partial charge in [0.25, 0.3) is 15.9 Å². The molecule has 0 bridgehead atoms. The highest BCUT2D eigenvalue weighted by atomic mass is 32.2. The molecule has 2 aromatic heterocycles. The van der Waals surface area contributed by atoms with Gasteiger partial charge in [0.2, 0.25) is 0 Å². The Bertz CT molecular complexity index is 1030. The molecule has 2 heterocycles. The Balaban J connectivity index is 1.76. The smallest absolute Gasteiger partial charge is 0.275 e. The number of aryl methyl sites for hydroxylation is 1. The van der Waals surface area contributed by atoms with Crippen molar-refractivity contribution in [1.29, 1.82) is 0 Å². The van der Waals surface area contributed by atoms with Gasteiger partial charge in [-0.05, 0) is 36.1 Å². The number of thiophene rings is 1. The predicted molar refractivity (Wildman–Crippen MR) is 103 cm³/mol. The van der Waals surface area contributed by atoms with Crippen LogP contribution in [-0.4, -0.2) is 26.4 Å². The lowest BCUT2D eigenvalue weighted by molar-refractivity contribution is 0.102. The molecule has 0 aliphatic carbocycles. The number of rotatable bonds is 6. The maximum Gasteiger partial charge on any atom is 0.275 e. The molecule has 26 heavy (non-hydrogen) atoms. The number of hydrogen-bond donors (Lipinski definition) is 2. The van der Waals surface area contributed by atoms with Crippen molar-refractivity contribution >= 4 is 49.4 Å². The number of amides is 1. The first-order valence-electron chi connectivity index (χ1n) is 7.37. The number of nitrogens with zero attached hydrogens (tertiary/aromatic N) is 1. The molecular weight excluding hydrogens is 394 g/mol. The number of methoxy groups -OCH3 is 1. The molecule has 3 aromatic rings. The van der Waals surface area contributed by atoms with Crippen LogP contribution in [0.2, 0.25) is 0 Å².